The number of primary amides is 1. The maximum absolute atomic E-state index is 11.6. The van der Waals surface area contributed by atoms with E-state index in [-0.39, 0.29) is 5.75 Å². The molecular formula is C8H16N2O3S. The molecule has 0 spiro atoms. The van der Waals surface area contributed by atoms with Gasteiger partial charge >= 0.3 is 0 Å². The number of carbonyl (C=O) groups is 1. The summed E-state index contributed by atoms with van der Waals surface area (Å²) in [7, 11) is -3.28. The van der Waals surface area contributed by atoms with Gasteiger partial charge in [-0.1, -0.05) is 6.42 Å². The van der Waals surface area contributed by atoms with Crippen molar-refractivity contribution in [3.63, 3.8) is 0 Å². The van der Waals surface area contributed by atoms with Crippen molar-refractivity contribution in [1.29, 1.82) is 0 Å². The van der Waals surface area contributed by atoms with Gasteiger partial charge < -0.3 is 5.73 Å². The molecule has 1 fully saturated rings. The zero-order valence-electron chi connectivity index (χ0n) is 8.27. The molecule has 1 aliphatic rings. The lowest BCUT2D eigenvalue weighted by molar-refractivity contribution is -0.122. The third kappa shape index (κ3) is 2.24. The first-order valence-corrected chi connectivity index (χ1v) is 6.39. The molecule has 1 aliphatic heterocycles. The van der Waals surface area contributed by atoms with Crippen LogP contribution in [0.15, 0.2) is 0 Å². The number of hydrogen-bond acceptors (Lipinski definition) is 3. The molecule has 1 atom stereocenters. The number of carbonyl (C=O) groups excluding carboxylic acids is 1. The van der Waals surface area contributed by atoms with E-state index in [0.29, 0.717) is 13.0 Å². The topological polar surface area (TPSA) is 80.5 Å². The number of hydrogen-bond donors (Lipinski definition) is 1. The molecule has 0 aromatic carbocycles. The summed E-state index contributed by atoms with van der Waals surface area (Å²) in [6.45, 7) is 1.99. The molecule has 0 bridgehead atoms. The quantitative estimate of drug-likeness (QED) is 0.707. The Morgan fingerprint density at radius 3 is 2.64 bits per heavy atom. The van der Waals surface area contributed by atoms with E-state index in [2.05, 4.69) is 0 Å². The molecule has 1 rings (SSSR count). The second-order valence-corrected chi connectivity index (χ2v) is 5.64. The molecule has 0 aromatic rings. The minimum Gasteiger partial charge on any atom is -0.368 e. The lowest BCUT2D eigenvalue weighted by atomic mass is 10.0. The summed E-state index contributed by atoms with van der Waals surface area (Å²) in [5, 5.41) is 0. The van der Waals surface area contributed by atoms with E-state index in [1.165, 1.54) is 4.31 Å². The Labute approximate surface area is 84.3 Å². The maximum Gasteiger partial charge on any atom is 0.235 e. The molecule has 2 N–H and O–H groups in total. The van der Waals surface area contributed by atoms with Crippen molar-refractivity contribution in [1.82, 2.24) is 4.31 Å². The summed E-state index contributed by atoms with van der Waals surface area (Å²) in [6.07, 6.45) is 2.22. The van der Waals surface area contributed by atoms with E-state index in [1.54, 1.807) is 6.92 Å². The Morgan fingerprint density at radius 1 is 1.50 bits per heavy atom. The number of piperidine rings is 1. The van der Waals surface area contributed by atoms with E-state index >= 15 is 0 Å². The number of rotatable bonds is 3. The molecule has 0 saturated carbocycles. The molecular weight excluding hydrogens is 204 g/mol. The van der Waals surface area contributed by atoms with Crippen molar-refractivity contribution >= 4 is 15.9 Å². The third-order valence-electron chi connectivity index (χ3n) is 2.50. The van der Waals surface area contributed by atoms with Gasteiger partial charge in [0.05, 0.1) is 5.75 Å². The fourth-order valence-electron chi connectivity index (χ4n) is 1.69. The van der Waals surface area contributed by atoms with Crippen LogP contribution in [-0.2, 0) is 14.8 Å². The molecule has 82 valence electrons. The van der Waals surface area contributed by atoms with Gasteiger partial charge in [0.1, 0.15) is 6.04 Å². The van der Waals surface area contributed by atoms with Crippen LogP contribution in [0.25, 0.3) is 0 Å². The second-order valence-electron chi connectivity index (χ2n) is 3.43. The van der Waals surface area contributed by atoms with E-state index < -0.39 is 22.0 Å². The van der Waals surface area contributed by atoms with Crippen LogP contribution < -0.4 is 5.73 Å². The predicted molar refractivity (Wildman–Crippen MR) is 53.0 cm³/mol. The molecule has 0 unspecified atom stereocenters. The van der Waals surface area contributed by atoms with Gasteiger partial charge in [-0.2, -0.15) is 4.31 Å². The fraction of sp³-hybridized carbons (Fsp3) is 0.875. The van der Waals surface area contributed by atoms with Gasteiger partial charge in [-0.05, 0) is 19.8 Å². The molecule has 0 radical (unpaired) electrons. The molecule has 1 amide bonds. The number of sulfonamides is 1. The zero-order chi connectivity index (χ0) is 10.8. The number of amides is 1. The highest BCUT2D eigenvalue weighted by Gasteiger charge is 2.34. The summed E-state index contributed by atoms with van der Waals surface area (Å²) >= 11 is 0. The largest absolute Gasteiger partial charge is 0.368 e. The molecule has 14 heavy (non-hydrogen) atoms. The molecule has 0 aromatic heterocycles. The first-order valence-electron chi connectivity index (χ1n) is 4.78. The van der Waals surface area contributed by atoms with Crippen LogP contribution in [0, 0.1) is 0 Å². The van der Waals surface area contributed by atoms with Crippen LogP contribution in [0.4, 0.5) is 0 Å². The third-order valence-corrected chi connectivity index (χ3v) is 4.39. The summed E-state index contributed by atoms with van der Waals surface area (Å²) in [6, 6.07) is -0.631. The Kier molecular flexibility index (Phi) is 3.49. The summed E-state index contributed by atoms with van der Waals surface area (Å²) in [5.41, 5.74) is 5.16. The lowest BCUT2D eigenvalue weighted by Gasteiger charge is -2.32. The number of nitrogens with zero attached hydrogens (tertiary/aromatic N) is 1. The van der Waals surface area contributed by atoms with Gasteiger partial charge in [0.2, 0.25) is 15.9 Å². The van der Waals surface area contributed by atoms with Crippen LogP contribution >= 0.6 is 0 Å². The molecule has 5 nitrogen and oxygen atoms in total. The fourth-order valence-corrected chi connectivity index (χ4v) is 3.02. The highest BCUT2D eigenvalue weighted by molar-refractivity contribution is 7.89. The van der Waals surface area contributed by atoms with E-state index in [1.807, 2.05) is 0 Å². The molecule has 6 heteroatoms. The second kappa shape index (κ2) is 4.27. The van der Waals surface area contributed by atoms with Gasteiger partial charge in [0, 0.05) is 6.54 Å². The standard InChI is InChI=1S/C8H16N2O3S/c1-2-14(12,13)10-6-4-3-5-7(10)8(9)11/h7H,2-6H2,1H3,(H2,9,11)/t7-/m1/s1. The van der Waals surface area contributed by atoms with Crippen LogP contribution in [0.5, 0.6) is 0 Å². The van der Waals surface area contributed by atoms with E-state index in [9.17, 15) is 13.2 Å². The van der Waals surface area contributed by atoms with E-state index in [4.69, 9.17) is 5.73 Å². The summed E-state index contributed by atoms with van der Waals surface area (Å²) in [5.74, 6) is -0.515. The number of nitrogens with two attached hydrogens (primary N) is 1. The van der Waals surface area contributed by atoms with Gasteiger partial charge in [0.15, 0.2) is 0 Å². The van der Waals surface area contributed by atoms with Crippen LogP contribution in [-0.4, -0.2) is 37.0 Å². The van der Waals surface area contributed by atoms with Crippen molar-refractivity contribution in [2.45, 2.75) is 32.2 Å². The lowest BCUT2D eigenvalue weighted by Crippen LogP contribution is -2.50. The Morgan fingerprint density at radius 2 is 2.14 bits per heavy atom. The van der Waals surface area contributed by atoms with Gasteiger partial charge in [-0.25, -0.2) is 8.42 Å². The van der Waals surface area contributed by atoms with Crippen LogP contribution in [0.1, 0.15) is 26.2 Å². The first kappa shape index (κ1) is 11.5. The molecule has 1 heterocycles. The highest BCUT2D eigenvalue weighted by Crippen LogP contribution is 2.20. The van der Waals surface area contributed by atoms with Crippen molar-refractivity contribution in [3.8, 4) is 0 Å². The van der Waals surface area contributed by atoms with Gasteiger partial charge in [0.25, 0.3) is 0 Å². The van der Waals surface area contributed by atoms with E-state index in [0.717, 1.165) is 12.8 Å². The monoisotopic (exact) mass is 220 g/mol. The maximum atomic E-state index is 11.6. The molecule has 1 saturated heterocycles. The summed E-state index contributed by atoms with van der Waals surface area (Å²) in [4.78, 5) is 11.0. The van der Waals surface area contributed by atoms with Crippen molar-refractivity contribution in [2.24, 2.45) is 5.73 Å². The highest BCUT2D eigenvalue weighted by atomic mass is 32.2. The smallest absolute Gasteiger partial charge is 0.235 e. The average molecular weight is 220 g/mol. The minimum atomic E-state index is -3.28. The zero-order valence-corrected chi connectivity index (χ0v) is 9.09. The van der Waals surface area contributed by atoms with Crippen LogP contribution in [0.3, 0.4) is 0 Å². The van der Waals surface area contributed by atoms with Crippen molar-refractivity contribution < 1.29 is 13.2 Å². The summed E-state index contributed by atoms with van der Waals surface area (Å²) < 4.78 is 24.4. The SMILES string of the molecule is CCS(=O)(=O)N1CCCC[C@@H]1C(N)=O. The Bertz CT molecular complexity index is 313. The Hall–Kier alpha value is -0.620. The van der Waals surface area contributed by atoms with Gasteiger partial charge in [-0.15, -0.1) is 0 Å². The Balaban J connectivity index is 2.88. The first-order chi connectivity index (χ1) is 6.49. The van der Waals surface area contributed by atoms with Crippen molar-refractivity contribution in [2.75, 3.05) is 12.3 Å². The minimum absolute atomic E-state index is 0.0246. The molecule has 0 aliphatic carbocycles. The van der Waals surface area contributed by atoms with Crippen molar-refractivity contribution in [3.05, 3.63) is 0 Å². The normalized spacial score (nSPS) is 24.8. The van der Waals surface area contributed by atoms with Crippen LogP contribution in [0.2, 0.25) is 0 Å². The van der Waals surface area contributed by atoms with Gasteiger partial charge in [-0.3, -0.25) is 4.79 Å². The predicted octanol–water partition coefficient (Wildman–Crippen LogP) is -0.324. The average Bonchev–Trinajstić information content (AvgIpc) is 2.18.